The number of carbonyl (C=O) groups excluding carboxylic acids is 1. The number of halogens is 4. The maximum absolute atomic E-state index is 12.8. The van der Waals surface area contributed by atoms with Gasteiger partial charge in [0.1, 0.15) is 0 Å². The normalized spacial score (nSPS) is 25.8. The van der Waals surface area contributed by atoms with Gasteiger partial charge >= 0.3 is 6.18 Å². The molecule has 2 atom stereocenters. The highest BCUT2D eigenvalue weighted by Gasteiger charge is 2.49. The predicted molar refractivity (Wildman–Crippen MR) is 94.0 cm³/mol. The molecule has 0 bridgehead atoms. The molecule has 2 aliphatic rings. The Hall–Kier alpha value is -1.27. The Kier molecular flexibility index (Phi) is 6.38. The first-order chi connectivity index (χ1) is 11.4. The van der Waals surface area contributed by atoms with Crippen LogP contribution in [0.4, 0.5) is 18.9 Å². The van der Waals surface area contributed by atoms with Crippen LogP contribution in [0.1, 0.15) is 37.7 Å². The van der Waals surface area contributed by atoms with E-state index < -0.39 is 12.6 Å². The van der Waals surface area contributed by atoms with Crippen molar-refractivity contribution in [3.8, 4) is 0 Å². The molecule has 2 N–H and O–H groups in total. The molecule has 1 aliphatic heterocycles. The fraction of sp³-hybridized carbons (Fsp3) is 0.611. The van der Waals surface area contributed by atoms with E-state index in [-0.39, 0.29) is 30.2 Å². The lowest BCUT2D eigenvalue weighted by molar-refractivity contribution is -0.134. The quantitative estimate of drug-likeness (QED) is 0.821. The summed E-state index contributed by atoms with van der Waals surface area (Å²) in [6.07, 6.45) is -0.769. The number of carbonyl (C=O) groups is 1. The number of benzene rings is 1. The predicted octanol–water partition coefficient (Wildman–Crippen LogP) is 4.32. The molecule has 3 nitrogen and oxygen atoms in total. The van der Waals surface area contributed by atoms with E-state index >= 15 is 0 Å². The van der Waals surface area contributed by atoms with Gasteiger partial charge in [0.25, 0.3) is 0 Å². The highest BCUT2D eigenvalue weighted by molar-refractivity contribution is 5.96. The highest BCUT2D eigenvalue weighted by atomic mass is 35.5. The van der Waals surface area contributed by atoms with Crippen LogP contribution in [0, 0.1) is 11.3 Å². The Morgan fingerprint density at radius 2 is 1.96 bits per heavy atom. The minimum Gasteiger partial charge on any atom is -0.326 e. The van der Waals surface area contributed by atoms with Gasteiger partial charge in [-0.3, -0.25) is 4.79 Å². The van der Waals surface area contributed by atoms with Crippen LogP contribution in [-0.4, -0.2) is 25.2 Å². The van der Waals surface area contributed by atoms with E-state index in [4.69, 9.17) is 0 Å². The molecule has 1 aromatic carbocycles. The Morgan fingerprint density at radius 3 is 2.64 bits per heavy atom. The SMILES string of the molecule is Cl.O=C(Nc1ccc(CCC(F)(F)F)cc1)[C@@]12CCCC[C@H]1CNC2. The van der Waals surface area contributed by atoms with Gasteiger partial charge in [-0.1, -0.05) is 25.0 Å². The van der Waals surface area contributed by atoms with E-state index in [9.17, 15) is 18.0 Å². The van der Waals surface area contributed by atoms with Crippen LogP contribution in [-0.2, 0) is 11.2 Å². The molecule has 0 unspecified atom stereocenters. The second-order valence-corrected chi connectivity index (χ2v) is 7.00. The van der Waals surface area contributed by atoms with E-state index in [2.05, 4.69) is 10.6 Å². The molecule has 3 rings (SSSR count). The van der Waals surface area contributed by atoms with Gasteiger partial charge in [0, 0.05) is 18.7 Å². The number of nitrogens with one attached hydrogen (secondary N) is 2. The number of alkyl halides is 3. The molecule has 1 amide bonds. The molecule has 140 valence electrons. The molecule has 1 aliphatic carbocycles. The van der Waals surface area contributed by atoms with Crippen LogP contribution in [0.15, 0.2) is 24.3 Å². The molecule has 0 radical (unpaired) electrons. The fourth-order valence-corrected chi connectivity index (χ4v) is 3.99. The van der Waals surface area contributed by atoms with Gasteiger partial charge in [0.15, 0.2) is 0 Å². The van der Waals surface area contributed by atoms with Crippen LogP contribution in [0.3, 0.4) is 0 Å². The molecule has 25 heavy (non-hydrogen) atoms. The van der Waals surface area contributed by atoms with Gasteiger partial charge in [-0.25, -0.2) is 0 Å². The van der Waals surface area contributed by atoms with Crippen LogP contribution in [0.2, 0.25) is 0 Å². The summed E-state index contributed by atoms with van der Waals surface area (Å²) in [5.41, 5.74) is 0.954. The van der Waals surface area contributed by atoms with Crippen molar-refractivity contribution < 1.29 is 18.0 Å². The minimum absolute atomic E-state index is 0. The molecule has 1 aromatic rings. The Morgan fingerprint density at radius 1 is 1.24 bits per heavy atom. The van der Waals surface area contributed by atoms with Gasteiger partial charge in [-0.15, -0.1) is 12.4 Å². The van der Waals surface area contributed by atoms with Crippen LogP contribution in [0.25, 0.3) is 0 Å². The molecule has 2 fully saturated rings. The van der Waals surface area contributed by atoms with Crippen molar-refractivity contribution >= 4 is 24.0 Å². The summed E-state index contributed by atoms with van der Waals surface area (Å²) in [6.45, 7) is 1.61. The minimum atomic E-state index is -4.14. The van der Waals surface area contributed by atoms with Gasteiger partial charge < -0.3 is 10.6 Å². The van der Waals surface area contributed by atoms with E-state index in [1.54, 1.807) is 24.3 Å². The van der Waals surface area contributed by atoms with E-state index in [0.717, 1.165) is 25.8 Å². The van der Waals surface area contributed by atoms with Crippen molar-refractivity contribution in [3.63, 3.8) is 0 Å². The summed E-state index contributed by atoms with van der Waals surface area (Å²) in [5, 5.41) is 6.32. The summed E-state index contributed by atoms with van der Waals surface area (Å²) in [4.78, 5) is 12.8. The summed E-state index contributed by atoms with van der Waals surface area (Å²) in [7, 11) is 0. The first-order valence-electron chi connectivity index (χ1n) is 8.57. The van der Waals surface area contributed by atoms with Crippen molar-refractivity contribution in [1.29, 1.82) is 0 Å². The number of fused-ring (bicyclic) bond motifs is 1. The third kappa shape index (κ3) is 4.67. The molecule has 0 spiro atoms. The maximum Gasteiger partial charge on any atom is 0.389 e. The first-order valence-corrected chi connectivity index (χ1v) is 8.57. The Balaban J connectivity index is 0.00000225. The molecular weight excluding hydrogens is 353 g/mol. The number of hydrogen-bond donors (Lipinski definition) is 2. The standard InChI is InChI=1S/C18H23F3N2O.ClH/c19-18(20,21)10-8-13-4-6-15(7-5-13)23-16(24)17-9-2-1-3-14(17)11-22-12-17;/h4-7,14,22H,1-3,8-12H2,(H,23,24);1H/t14-,17+;/m0./s1. The zero-order valence-electron chi connectivity index (χ0n) is 14.0. The van der Waals surface area contributed by atoms with Crippen LogP contribution >= 0.6 is 12.4 Å². The first kappa shape index (κ1) is 20.0. The lowest BCUT2D eigenvalue weighted by atomic mass is 9.67. The summed E-state index contributed by atoms with van der Waals surface area (Å²) >= 11 is 0. The average molecular weight is 377 g/mol. The number of aryl methyl sites for hydroxylation is 1. The lowest BCUT2D eigenvalue weighted by Crippen LogP contribution is -2.44. The number of anilines is 1. The largest absolute Gasteiger partial charge is 0.389 e. The average Bonchev–Trinajstić information content (AvgIpc) is 2.99. The van der Waals surface area contributed by atoms with E-state index in [1.807, 2.05) is 0 Å². The van der Waals surface area contributed by atoms with Crippen molar-refractivity contribution in [2.75, 3.05) is 18.4 Å². The highest BCUT2D eigenvalue weighted by Crippen LogP contribution is 2.44. The smallest absolute Gasteiger partial charge is 0.326 e. The maximum atomic E-state index is 12.8. The lowest BCUT2D eigenvalue weighted by Gasteiger charge is -2.37. The molecule has 1 saturated carbocycles. The number of rotatable bonds is 4. The molecule has 0 aromatic heterocycles. The Bertz CT molecular complexity index is 591. The third-order valence-electron chi connectivity index (χ3n) is 5.40. The monoisotopic (exact) mass is 376 g/mol. The zero-order chi connectivity index (χ0) is 17.2. The van der Waals surface area contributed by atoms with Crippen LogP contribution in [0.5, 0.6) is 0 Å². The summed E-state index contributed by atoms with van der Waals surface area (Å²) in [5.74, 6) is 0.428. The van der Waals surface area contributed by atoms with Crippen molar-refractivity contribution in [2.24, 2.45) is 11.3 Å². The van der Waals surface area contributed by atoms with Gasteiger partial charge in [-0.05, 0) is 49.4 Å². The number of amides is 1. The van der Waals surface area contributed by atoms with Crippen molar-refractivity contribution in [1.82, 2.24) is 5.32 Å². The zero-order valence-corrected chi connectivity index (χ0v) is 14.8. The van der Waals surface area contributed by atoms with E-state index in [1.165, 1.54) is 6.42 Å². The second kappa shape index (κ2) is 7.96. The third-order valence-corrected chi connectivity index (χ3v) is 5.40. The topological polar surface area (TPSA) is 41.1 Å². The van der Waals surface area contributed by atoms with Gasteiger partial charge in [0.2, 0.25) is 5.91 Å². The summed E-state index contributed by atoms with van der Waals surface area (Å²) < 4.78 is 36.8. The van der Waals surface area contributed by atoms with Crippen LogP contribution < -0.4 is 10.6 Å². The fourth-order valence-electron chi connectivity index (χ4n) is 3.99. The molecule has 7 heteroatoms. The molecular formula is C18H24ClF3N2O. The van der Waals surface area contributed by atoms with Crippen molar-refractivity contribution in [3.05, 3.63) is 29.8 Å². The molecule has 1 heterocycles. The van der Waals surface area contributed by atoms with Crippen molar-refractivity contribution in [2.45, 2.75) is 44.7 Å². The number of hydrogen-bond acceptors (Lipinski definition) is 2. The van der Waals surface area contributed by atoms with E-state index in [0.29, 0.717) is 23.7 Å². The summed E-state index contributed by atoms with van der Waals surface area (Å²) in [6, 6.07) is 6.70. The second-order valence-electron chi connectivity index (χ2n) is 7.00. The van der Waals surface area contributed by atoms with Gasteiger partial charge in [0.05, 0.1) is 5.41 Å². The van der Waals surface area contributed by atoms with Gasteiger partial charge in [-0.2, -0.15) is 13.2 Å². The molecule has 1 saturated heterocycles. The Labute approximate surface area is 152 Å².